The van der Waals surface area contributed by atoms with Gasteiger partial charge in [0, 0.05) is 13.2 Å². The van der Waals surface area contributed by atoms with Crippen LogP contribution in [-0.4, -0.2) is 13.2 Å². The fourth-order valence-electron chi connectivity index (χ4n) is 2.63. The van der Waals surface area contributed by atoms with Crippen LogP contribution in [0.2, 0.25) is 0 Å². The van der Waals surface area contributed by atoms with Crippen molar-refractivity contribution in [2.75, 3.05) is 13.2 Å². The lowest BCUT2D eigenvalue weighted by molar-refractivity contribution is 0.125. The molecule has 0 aromatic carbocycles. The van der Waals surface area contributed by atoms with Crippen LogP contribution in [0.5, 0.6) is 0 Å². The summed E-state index contributed by atoms with van der Waals surface area (Å²) in [5.41, 5.74) is 0. The first-order valence-electron chi connectivity index (χ1n) is 9.58. The van der Waals surface area contributed by atoms with Crippen molar-refractivity contribution in [1.82, 2.24) is 0 Å². The molecule has 0 aromatic heterocycles. The Labute approximate surface area is 135 Å². The molecule has 0 N–H and O–H groups in total. The topological polar surface area (TPSA) is 9.23 Å². The van der Waals surface area contributed by atoms with Crippen LogP contribution >= 0.6 is 0 Å². The van der Waals surface area contributed by atoms with Gasteiger partial charge in [0.05, 0.1) is 0 Å². The Morgan fingerprint density at radius 3 is 1.00 bits per heavy atom. The number of hydrogen-bond acceptors (Lipinski definition) is 1. The Balaban J connectivity index is 2.90. The van der Waals surface area contributed by atoms with Crippen molar-refractivity contribution in [3.05, 3.63) is 13.8 Å². The second-order valence-corrected chi connectivity index (χ2v) is 6.27. The summed E-state index contributed by atoms with van der Waals surface area (Å²) in [6, 6.07) is 0. The highest BCUT2D eigenvalue weighted by molar-refractivity contribution is 4.49. The van der Waals surface area contributed by atoms with Crippen LogP contribution in [0.4, 0.5) is 0 Å². The molecule has 0 fully saturated rings. The normalized spacial score (nSPS) is 11.1. The van der Waals surface area contributed by atoms with Gasteiger partial charge < -0.3 is 4.74 Å². The molecule has 0 unspecified atom stereocenters. The summed E-state index contributed by atoms with van der Waals surface area (Å²) in [4.78, 5) is 0. The molecule has 0 aliphatic heterocycles. The third-order valence-corrected chi connectivity index (χ3v) is 4.08. The average molecular weight is 297 g/mol. The molecular weight excluding hydrogens is 256 g/mol. The van der Waals surface area contributed by atoms with E-state index >= 15 is 0 Å². The minimum atomic E-state index is 0.975. The smallest absolute Gasteiger partial charge is 0.0466 e. The van der Waals surface area contributed by atoms with Crippen molar-refractivity contribution >= 4 is 0 Å². The van der Waals surface area contributed by atoms with E-state index in [0.29, 0.717) is 0 Å². The third kappa shape index (κ3) is 20.0. The van der Waals surface area contributed by atoms with Gasteiger partial charge in [-0.05, 0) is 12.8 Å². The molecule has 0 aliphatic carbocycles. The summed E-state index contributed by atoms with van der Waals surface area (Å²) in [5.74, 6) is 0. The summed E-state index contributed by atoms with van der Waals surface area (Å²) < 4.78 is 5.71. The number of hydrogen-bond donors (Lipinski definition) is 0. The van der Waals surface area contributed by atoms with E-state index in [1.165, 1.54) is 89.9 Å². The standard InChI is InChI=1S/C20H40O/c1-3-5-7-9-11-13-15-17-19-21-20-18-16-14-12-10-8-6-4-2/h1-20H2. The fraction of sp³-hybridized carbons (Fsp3) is 0.900. The Bertz CT molecular complexity index is 149. The molecule has 0 bridgehead atoms. The lowest BCUT2D eigenvalue weighted by atomic mass is 10.1. The molecule has 0 aromatic rings. The maximum Gasteiger partial charge on any atom is 0.0466 e. The highest BCUT2D eigenvalue weighted by Gasteiger charge is 1.94. The molecule has 0 saturated carbocycles. The van der Waals surface area contributed by atoms with Crippen LogP contribution in [0, 0.1) is 13.8 Å². The van der Waals surface area contributed by atoms with Crippen molar-refractivity contribution in [3.8, 4) is 0 Å². The summed E-state index contributed by atoms with van der Waals surface area (Å²) in [6.45, 7) is 9.70. The molecule has 2 radical (unpaired) electrons. The van der Waals surface area contributed by atoms with E-state index in [2.05, 4.69) is 13.8 Å². The minimum Gasteiger partial charge on any atom is -0.381 e. The Morgan fingerprint density at radius 1 is 0.381 bits per heavy atom. The quantitative estimate of drug-likeness (QED) is 0.250. The van der Waals surface area contributed by atoms with Crippen LogP contribution in [-0.2, 0) is 4.74 Å². The zero-order chi connectivity index (χ0) is 15.4. The zero-order valence-corrected chi connectivity index (χ0v) is 14.6. The van der Waals surface area contributed by atoms with Crippen molar-refractivity contribution in [1.29, 1.82) is 0 Å². The van der Waals surface area contributed by atoms with Gasteiger partial charge in [0.25, 0.3) is 0 Å². The van der Waals surface area contributed by atoms with Crippen molar-refractivity contribution in [3.63, 3.8) is 0 Å². The van der Waals surface area contributed by atoms with Crippen LogP contribution < -0.4 is 0 Å². The molecule has 1 heteroatoms. The Kier molecular flexibility index (Phi) is 19.9. The molecule has 0 aliphatic rings. The monoisotopic (exact) mass is 296 g/mol. The fourth-order valence-corrected chi connectivity index (χ4v) is 2.63. The van der Waals surface area contributed by atoms with Crippen LogP contribution in [0.1, 0.15) is 103 Å². The summed E-state index contributed by atoms with van der Waals surface area (Å²) in [5, 5.41) is 0. The number of ether oxygens (including phenoxy) is 1. The molecule has 0 atom stereocenters. The first-order valence-corrected chi connectivity index (χ1v) is 9.58. The van der Waals surface area contributed by atoms with Gasteiger partial charge in [-0.25, -0.2) is 0 Å². The van der Waals surface area contributed by atoms with Crippen LogP contribution in [0.3, 0.4) is 0 Å². The van der Waals surface area contributed by atoms with Gasteiger partial charge in [0.1, 0.15) is 0 Å². The van der Waals surface area contributed by atoms with Gasteiger partial charge in [0.15, 0.2) is 0 Å². The van der Waals surface area contributed by atoms with Crippen molar-refractivity contribution < 1.29 is 4.74 Å². The van der Waals surface area contributed by atoms with E-state index in [1.807, 2.05) is 0 Å². The molecular formula is C20H40O. The lowest BCUT2D eigenvalue weighted by Gasteiger charge is -2.05. The SMILES string of the molecule is [CH2]CCCCCCCCCOCCCCCCCCC[CH2]. The maximum absolute atomic E-state index is 5.71. The summed E-state index contributed by atoms with van der Waals surface area (Å²) in [7, 11) is 0. The molecule has 0 saturated heterocycles. The molecule has 126 valence electrons. The summed E-state index contributed by atoms with van der Waals surface area (Å²) in [6.07, 6.45) is 21.1. The van der Waals surface area contributed by atoms with E-state index in [1.54, 1.807) is 0 Å². The predicted molar refractivity (Wildman–Crippen MR) is 95.4 cm³/mol. The van der Waals surface area contributed by atoms with Crippen molar-refractivity contribution in [2.45, 2.75) is 103 Å². The molecule has 21 heavy (non-hydrogen) atoms. The van der Waals surface area contributed by atoms with E-state index < -0.39 is 0 Å². The third-order valence-electron chi connectivity index (χ3n) is 4.08. The second kappa shape index (κ2) is 20.0. The highest BCUT2D eigenvalue weighted by Crippen LogP contribution is 2.09. The molecule has 0 heterocycles. The maximum atomic E-state index is 5.71. The zero-order valence-electron chi connectivity index (χ0n) is 14.6. The molecule has 0 rings (SSSR count). The van der Waals surface area contributed by atoms with Gasteiger partial charge >= 0.3 is 0 Å². The van der Waals surface area contributed by atoms with E-state index in [-0.39, 0.29) is 0 Å². The number of rotatable bonds is 18. The first kappa shape index (κ1) is 21.0. The van der Waals surface area contributed by atoms with E-state index in [0.717, 1.165) is 26.1 Å². The van der Waals surface area contributed by atoms with Gasteiger partial charge in [-0.3, -0.25) is 0 Å². The lowest BCUT2D eigenvalue weighted by Crippen LogP contribution is -1.97. The first-order chi connectivity index (χ1) is 10.4. The number of unbranched alkanes of at least 4 members (excludes halogenated alkanes) is 14. The van der Waals surface area contributed by atoms with Gasteiger partial charge in [0.2, 0.25) is 0 Å². The Hall–Kier alpha value is -0.0400. The van der Waals surface area contributed by atoms with Gasteiger partial charge in [-0.2, -0.15) is 0 Å². The largest absolute Gasteiger partial charge is 0.381 e. The average Bonchev–Trinajstić information content (AvgIpc) is 2.50. The van der Waals surface area contributed by atoms with Gasteiger partial charge in [-0.15, -0.1) is 0 Å². The minimum absolute atomic E-state index is 0.975. The predicted octanol–water partition coefficient (Wildman–Crippen LogP) is 6.91. The van der Waals surface area contributed by atoms with Crippen LogP contribution in [0.15, 0.2) is 0 Å². The molecule has 1 nitrogen and oxygen atoms in total. The van der Waals surface area contributed by atoms with E-state index in [4.69, 9.17) is 4.74 Å². The van der Waals surface area contributed by atoms with Crippen LogP contribution in [0.25, 0.3) is 0 Å². The summed E-state index contributed by atoms with van der Waals surface area (Å²) >= 11 is 0. The molecule has 0 amide bonds. The Morgan fingerprint density at radius 2 is 0.667 bits per heavy atom. The van der Waals surface area contributed by atoms with Gasteiger partial charge in [-0.1, -0.05) is 104 Å². The second-order valence-electron chi connectivity index (χ2n) is 6.27. The van der Waals surface area contributed by atoms with E-state index in [9.17, 15) is 0 Å². The molecule has 0 spiro atoms. The highest BCUT2D eigenvalue weighted by atomic mass is 16.5. The van der Waals surface area contributed by atoms with Crippen molar-refractivity contribution in [2.24, 2.45) is 0 Å².